The zero-order valence-electron chi connectivity index (χ0n) is 12.8. The van der Waals surface area contributed by atoms with Crippen molar-refractivity contribution in [2.45, 2.75) is 13.0 Å². The van der Waals surface area contributed by atoms with Gasteiger partial charge in [-0.2, -0.15) is 0 Å². The number of para-hydroxylation sites is 1. The Hall–Kier alpha value is -2.01. The summed E-state index contributed by atoms with van der Waals surface area (Å²) in [7, 11) is 1.63. The van der Waals surface area contributed by atoms with Gasteiger partial charge in [-0.15, -0.1) is 0 Å². The number of carbonyl (C=O) groups excluding carboxylic acids is 1. The van der Waals surface area contributed by atoms with Gasteiger partial charge in [-0.3, -0.25) is 4.79 Å². The SMILES string of the molecule is COc1ccc(Br)cc1CNC(=O)[C@@H]1COc2ccccc2C1. The molecule has 0 saturated heterocycles. The summed E-state index contributed by atoms with van der Waals surface area (Å²) in [5, 5.41) is 2.98. The van der Waals surface area contributed by atoms with Gasteiger partial charge in [0, 0.05) is 16.6 Å². The summed E-state index contributed by atoms with van der Waals surface area (Å²) < 4.78 is 12.0. The number of halogens is 1. The molecule has 0 saturated carbocycles. The van der Waals surface area contributed by atoms with Gasteiger partial charge >= 0.3 is 0 Å². The summed E-state index contributed by atoms with van der Waals surface area (Å²) >= 11 is 3.44. The number of fused-ring (bicyclic) bond motifs is 1. The monoisotopic (exact) mass is 375 g/mol. The van der Waals surface area contributed by atoms with Crippen molar-refractivity contribution in [3.05, 3.63) is 58.1 Å². The Labute approximate surface area is 143 Å². The number of hydrogen-bond donors (Lipinski definition) is 1. The summed E-state index contributed by atoms with van der Waals surface area (Å²) in [6.45, 7) is 0.845. The molecule has 0 aromatic heterocycles. The fraction of sp³-hybridized carbons (Fsp3) is 0.278. The van der Waals surface area contributed by atoms with Crippen LogP contribution in [-0.2, 0) is 17.8 Å². The second kappa shape index (κ2) is 7.04. The van der Waals surface area contributed by atoms with Gasteiger partial charge in [0.05, 0.1) is 13.0 Å². The van der Waals surface area contributed by atoms with Gasteiger partial charge in [-0.25, -0.2) is 0 Å². The van der Waals surface area contributed by atoms with Crippen LogP contribution in [0.1, 0.15) is 11.1 Å². The zero-order chi connectivity index (χ0) is 16.2. The molecular weight excluding hydrogens is 358 g/mol. The molecular formula is C18H18BrNO3. The van der Waals surface area contributed by atoms with Crippen LogP contribution in [0.5, 0.6) is 11.5 Å². The van der Waals surface area contributed by atoms with E-state index in [1.165, 1.54) is 0 Å². The number of amides is 1. The van der Waals surface area contributed by atoms with E-state index < -0.39 is 0 Å². The van der Waals surface area contributed by atoms with Crippen LogP contribution < -0.4 is 14.8 Å². The van der Waals surface area contributed by atoms with Crippen molar-refractivity contribution in [1.29, 1.82) is 0 Å². The first kappa shape index (κ1) is 15.9. The normalized spacial score (nSPS) is 16.2. The predicted octanol–water partition coefficient (Wildman–Crippen LogP) is 3.33. The summed E-state index contributed by atoms with van der Waals surface area (Å²) in [6.07, 6.45) is 0.706. The smallest absolute Gasteiger partial charge is 0.227 e. The highest BCUT2D eigenvalue weighted by molar-refractivity contribution is 9.10. The Kier molecular flexibility index (Phi) is 4.86. The molecule has 4 nitrogen and oxygen atoms in total. The van der Waals surface area contributed by atoms with Crippen LogP contribution in [0.2, 0.25) is 0 Å². The summed E-state index contributed by atoms with van der Waals surface area (Å²) in [4.78, 5) is 12.4. The maximum Gasteiger partial charge on any atom is 0.227 e. The minimum atomic E-state index is -0.164. The molecule has 0 fully saturated rings. The quantitative estimate of drug-likeness (QED) is 0.891. The highest BCUT2D eigenvalue weighted by Crippen LogP contribution is 2.27. The number of carbonyl (C=O) groups is 1. The maximum atomic E-state index is 12.4. The number of nitrogens with one attached hydrogen (secondary N) is 1. The third-order valence-electron chi connectivity index (χ3n) is 3.95. The van der Waals surface area contributed by atoms with Gasteiger partial charge in [-0.1, -0.05) is 34.1 Å². The first-order valence-electron chi connectivity index (χ1n) is 7.48. The fourth-order valence-corrected chi connectivity index (χ4v) is 3.12. The van der Waals surface area contributed by atoms with Gasteiger partial charge in [0.1, 0.15) is 18.1 Å². The highest BCUT2D eigenvalue weighted by atomic mass is 79.9. The number of rotatable bonds is 4. The van der Waals surface area contributed by atoms with Crippen molar-refractivity contribution in [3.63, 3.8) is 0 Å². The van der Waals surface area contributed by atoms with Crippen molar-refractivity contribution in [3.8, 4) is 11.5 Å². The Morgan fingerprint density at radius 2 is 2.17 bits per heavy atom. The third kappa shape index (κ3) is 3.67. The largest absolute Gasteiger partial charge is 0.496 e. The van der Waals surface area contributed by atoms with Crippen molar-refractivity contribution in [2.75, 3.05) is 13.7 Å². The Morgan fingerprint density at radius 1 is 1.35 bits per heavy atom. The molecule has 23 heavy (non-hydrogen) atoms. The molecule has 0 spiro atoms. The van der Waals surface area contributed by atoms with E-state index in [0.717, 1.165) is 27.1 Å². The molecule has 1 amide bonds. The summed E-state index contributed by atoms with van der Waals surface area (Å²) in [6, 6.07) is 13.6. The molecule has 0 aliphatic carbocycles. The van der Waals surface area contributed by atoms with Crippen LogP contribution in [0, 0.1) is 5.92 Å². The van der Waals surface area contributed by atoms with Gasteiger partial charge in [0.15, 0.2) is 0 Å². The second-order valence-electron chi connectivity index (χ2n) is 5.49. The van der Waals surface area contributed by atoms with Crippen LogP contribution in [0.3, 0.4) is 0 Å². The molecule has 2 aromatic carbocycles. The van der Waals surface area contributed by atoms with E-state index in [2.05, 4.69) is 21.2 Å². The lowest BCUT2D eigenvalue weighted by Crippen LogP contribution is -2.37. The van der Waals surface area contributed by atoms with Crippen LogP contribution in [-0.4, -0.2) is 19.6 Å². The zero-order valence-corrected chi connectivity index (χ0v) is 14.4. The van der Waals surface area contributed by atoms with E-state index in [4.69, 9.17) is 9.47 Å². The molecule has 1 aliphatic heterocycles. The molecule has 120 valence electrons. The fourth-order valence-electron chi connectivity index (χ4n) is 2.71. The summed E-state index contributed by atoms with van der Waals surface area (Å²) in [5.41, 5.74) is 2.02. The molecule has 0 bridgehead atoms. The maximum absolute atomic E-state index is 12.4. The Morgan fingerprint density at radius 3 is 3.00 bits per heavy atom. The average Bonchev–Trinajstić information content (AvgIpc) is 2.59. The summed E-state index contributed by atoms with van der Waals surface area (Å²) in [5.74, 6) is 1.48. The van der Waals surface area contributed by atoms with Crippen LogP contribution in [0.25, 0.3) is 0 Å². The van der Waals surface area contributed by atoms with Crippen LogP contribution >= 0.6 is 15.9 Å². The lowest BCUT2D eigenvalue weighted by atomic mass is 9.96. The number of hydrogen-bond acceptors (Lipinski definition) is 3. The minimum Gasteiger partial charge on any atom is -0.496 e. The molecule has 5 heteroatoms. The Balaban J connectivity index is 1.64. The second-order valence-corrected chi connectivity index (χ2v) is 6.41. The first-order chi connectivity index (χ1) is 11.2. The lowest BCUT2D eigenvalue weighted by Gasteiger charge is -2.24. The average molecular weight is 376 g/mol. The Bertz CT molecular complexity index is 717. The molecule has 2 aromatic rings. The molecule has 0 radical (unpaired) electrons. The van der Waals surface area contributed by atoms with Crippen LogP contribution in [0.4, 0.5) is 0 Å². The topological polar surface area (TPSA) is 47.6 Å². The number of benzene rings is 2. The first-order valence-corrected chi connectivity index (χ1v) is 8.27. The van der Waals surface area contributed by atoms with E-state index in [9.17, 15) is 4.79 Å². The molecule has 3 rings (SSSR count). The lowest BCUT2D eigenvalue weighted by molar-refractivity contribution is -0.126. The predicted molar refractivity (Wildman–Crippen MR) is 91.7 cm³/mol. The van der Waals surface area contributed by atoms with Gasteiger partial charge in [0.25, 0.3) is 0 Å². The molecule has 1 aliphatic rings. The third-order valence-corrected chi connectivity index (χ3v) is 4.44. The molecule has 0 unspecified atom stereocenters. The van der Waals surface area contributed by atoms with Crippen molar-refractivity contribution < 1.29 is 14.3 Å². The number of ether oxygens (including phenoxy) is 2. The van der Waals surface area contributed by atoms with Crippen molar-refractivity contribution in [2.24, 2.45) is 5.92 Å². The molecule has 1 heterocycles. The van der Waals surface area contributed by atoms with Crippen molar-refractivity contribution >= 4 is 21.8 Å². The van der Waals surface area contributed by atoms with Gasteiger partial charge in [0.2, 0.25) is 5.91 Å². The number of methoxy groups -OCH3 is 1. The van der Waals surface area contributed by atoms with E-state index >= 15 is 0 Å². The minimum absolute atomic E-state index is 0.00142. The van der Waals surface area contributed by atoms with E-state index in [1.807, 2.05) is 42.5 Å². The van der Waals surface area contributed by atoms with Gasteiger partial charge in [-0.05, 0) is 36.2 Å². The standard InChI is InChI=1S/C18H18BrNO3/c1-22-16-7-6-15(19)9-13(16)10-20-18(21)14-8-12-4-2-3-5-17(12)23-11-14/h2-7,9,14H,8,10-11H2,1H3,(H,20,21)/t14-/m0/s1. The van der Waals surface area contributed by atoms with Gasteiger partial charge < -0.3 is 14.8 Å². The highest BCUT2D eigenvalue weighted by Gasteiger charge is 2.25. The van der Waals surface area contributed by atoms with Crippen LogP contribution in [0.15, 0.2) is 46.9 Å². The van der Waals surface area contributed by atoms with E-state index in [1.54, 1.807) is 7.11 Å². The van der Waals surface area contributed by atoms with E-state index in [0.29, 0.717) is 19.6 Å². The molecule has 1 atom stereocenters. The van der Waals surface area contributed by atoms with Crippen molar-refractivity contribution in [1.82, 2.24) is 5.32 Å². The van der Waals surface area contributed by atoms with E-state index in [-0.39, 0.29) is 11.8 Å². The molecule has 1 N–H and O–H groups in total.